The lowest BCUT2D eigenvalue weighted by Gasteiger charge is -2.11. The zero-order valence-corrected chi connectivity index (χ0v) is 11.3. The van der Waals surface area contributed by atoms with Gasteiger partial charge in [-0.3, -0.25) is 0 Å². The second-order valence-corrected chi connectivity index (χ2v) is 6.39. The third kappa shape index (κ3) is 4.14. The molecule has 5 heteroatoms. The summed E-state index contributed by atoms with van der Waals surface area (Å²) in [6, 6.07) is 0. The summed E-state index contributed by atoms with van der Waals surface area (Å²) in [6.45, 7) is 9.12. The van der Waals surface area contributed by atoms with Crippen LogP contribution in [-0.4, -0.2) is 21.9 Å². The van der Waals surface area contributed by atoms with Crippen LogP contribution in [0.4, 0.5) is 0 Å². The molecule has 1 heterocycles. The van der Waals surface area contributed by atoms with Crippen LogP contribution in [-0.2, 0) is 11.2 Å². The highest BCUT2D eigenvalue weighted by atomic mass is 32.2. The first-order valence-electron chi connectivity index (χ1n) is 5.58. The van der Waals surface area contributed by atoms with Gasteiger partial charge in [-0.15, -0.1) is 11.8 Å². The smallest absolute Gasteiger partial charge is 0.236 e. The fraction of sp³-hybridized carbons (Fsp3) is 0.818. The highest BCUT2D eigenvalue weighted by Crippen LogP contribution is 2.22. The number of nitrogens with two attached hydrogens (primary N) is 1. The summed E-state index contributed by atoms with van der Waals surface area (Å²) >= 11 is 1.80. The lowest BCUT2D eigenvalue weighted by atomic mass is 9.96. The Balaban J connectivity index is 2.47. The molecule has 0 aliphatic rings. The van der Waals surface area contributed by atoms with Gasteiger partial charge >= 0.3 is 0 Å². The molecule has 1 aromatic heterocycles. The largest absolute Gasteiger partial charge is 0.338 e. The molecule has 0 aliphatic heterocycles. The minimum Gasteiger partial charge on any atom is -0.338 e. The maximum Gasteiger partial charge on any atom is 0.236 e. The Morgan fingerprint density at radius 2 is 2.12 bits per heavy atom. The summed E-state index contributed by atoms with van der Waals surface area (Å²) in [5.41, 5.74) is 5.45. The summed E-state index contributed by atoms with van der Waals surface area (Å²) in [6.07, 6.45) is 1.02. The maximum atomic E-state index is 5.49. The van der Waals surface area contributed by atoms with Crippen molar-refractivity contribution in [3.63, 3.8) is 0 Å². The van der Waals surface area contributed by atoms with E-state index in [1.54, 1.807) is 11.8 Å². The highest BCUT2D eigenvalue weighted by molar-refractivity contribution is 7.99. The minimum atomic E-state index is -0.0463. The molecule has 1 rings (SSSR count). The molecular weight excluding hydrogens is 222 g/mol. The number of nitrogens with zero attached hydrogens (tertiary/aromatic N) is 2. The minimum absolute atomic E-state index is 0.0463. The normalized spacial score (nSPS) is 14.1. The van der Waals surface area contributed by atoms with Crippen molar-refractivity contribution < 1.29 is 4.52 Å². The summed E-state index contributed by atoms with van der Waals surface area (Å²) in [5, 5.41) is 4.52. The number of thioether (sulfide) groups is 1. The van der Waals surface area contributed by atoms with Gasteiger partial charge in [0.2, 0.25) is 5.89 Å². The van der Waals surface area contributed by atoms with E-state index in [-0.39, 0.29) is 5.41 Å². The third-order valence-corrected chi connectivity index (χ3v) is 3.42. The molecule has 0 aliphatic carbocycles. The van der Waals surface area contributed by atoms with Crippen LogP contribution in [0.2, 0.25) is 0 Å². The quantitative estimate of drug-likeness (QED) is 0.860. The van der Waals surface area contributed by atoms with E-state index in [2.05, 4.69) is 37.8 Å². The molecule has 0 spiro atoms. The van der Waals surface area contributed by atoms with Crippen molar-refractivity contribution >= 4 is 11.8 Å². The fourth-order valence-electron chi connectivity index (χ4n) is 1.15. The van der Waals surface area contributed by atoms with Gasteiger partial charge in [0, 0.05) is 10.7 Å². The Hall–Kier alpha value is -0.550. The van der Waals surface area contributed by atoms with Crippen LogP contribution in [0, 0.1) is 0 Å². The van der Waals surface area contributed by atoms with Gasteiger partial charge < -0.3 is 10.3 Å². The lowest BCUT2D eigenvalue weighted by molar-refractivity contribution is 0.372. The van der Waals surface area contributed by atoms with Gasteiger partial charge in [0.05, 0.1) is 5.75 Å². The van der Waals surface area contributed by atoms with Crippen molar-refractivity contribution in [2.45, 2.75) is 50.5 Å². The molecule has 0 aromatic carbocycles. The Kier molecular flexibility index (Phi) is 4.80. The molecule has 0 fully saturated rings. The first-order valence-corrected chi connectivity index (χ1v) is 6.63. The predicted octanol–water partition coefficient (Wildman–Crippen LogP) is 2.34. The van der Waals surface area contributed by atoms with Crippen LogP contribution in [0.5, 0.6) is 0 Å². The molecule has 92 valence electrons. The lowest BCUT2D eigenvalue weighted by Crippen LogP contribution is -2.13. The second kappa shape index (κ2) is 5.68. The van der Waals surface area contributed by atoms with Crippen LogP contribution in [0.3, 0.4) is 0 Å². The predicted molar refractivity (Wildman–Crippen MR) is 67.4 cm³/mol. The van der Waals surface area contributed by atoms with Crippen LogP contribution >= 0.6 is 11.8 Å². The molecule has 0 saturated heterocycles. The zero-order chi connectivity index (χ0) is 12.2. The van der Waals surface area contributed by atoms with Crippen LogP contribution in [0.15, 0.2) is 4.52 Å². The van der Waals surface area contributed by atoms with E-state index in [0.717, 1.165) is 24.5 Å². The molecule has 4 nitrogen and oxygen atoms in total. The summed E-state index contributed by atoms with van der Waals surface area (Å²) < 4.78 is 5.21. The maximum absolute atomic E-state index is 5.49. The van der Waals surface area contributed by atoms with Gasteiger partial charge in [-0.05, 0) is 13.0 Å². The first kappa shape index (κ1) is 13.5. The molecule has 2 N–H and O–H groups in total. The van der Waals surface area contributed by atoms with Gasteiger partial charge in [-0.1, -0.05) is 32.9 Å². The summed E-state index contributed by atoms with van der Waals surface area (Å²) in [5.74, 6) is 2.25. The van der Waals surface area contributed by atoms with Crippen molar-refractivity contribution in [1.29, 1.82) is 0 Å². The summed E-state index contributed by atoms with van der Waals surface area (Å²) in [4.78, 5) is 4.38. The van der Waals surface area contributed by atoms with Crippen molar-refractivity contribution in [2.75, 3.05) is 6.54 Å². The van der Waals surface area contributed by atoms with E-state index in [0.29, 0.717) is 11.1 Å². The van der Waals surface area contributed by atoms with Crippen LogP contribution < -0.4 is 5.73 Å². The van der Waals surface area contributed by atoms with Gasteiger partial charge in [0.1, 0.15) is 0 Å². The van der Waals surface area contributed by atoms with Crippen molar-refractivity contribution in [1.82, 2.24) is 10.1 Å². The van der Waals surface area contributed by atoms with Crippen LogP contribution in [0.25, 0.3) is 0 Å². The highest BCUT2D eigenvalue weighted by Gasteiger charge is 2.20. The standard InChI is InChI=1S/C11H21N3OS/c1-8(5-6-12)16-7-9-13-10(14-15-9)11(2,3)4/h8H,5-7,12H2,1-4H3. The molecular formula is C11H21N3OS. The molecule has 0 saturated carbocycles. The van der Waals surface area contributed by atoms with Gasteiger partial charge in [-0.2, -0.15) is 4.98 Å². The van der Waals surface area contributed by atoms with E-state index in [4.69, 9.17) is 10.3 Å². The van der Waals surface area contributed by atoms with E-state index < -0.39 is 0 Å². The van der Waals surface area contributed by atoms with Gasteiger partial charge in [0.25, 0.3) is 0 Å². The molecule has 0 bridgehead atoms. The Bertz CT molecular complexity index is 319. The number of hydrogen-bond acceptors (Lipinski definition) is 5. The van der Waals surface area contributed by atoms with E-state index >= 15 is 0 Å². The zero-order valence-electron chi connectivity index (χ0n) is 10.5. The number of hydrogen-bond donors (Lipinski definition) is 1. The van der Waals surface area contributed by atoms with E-state index in [1.807, 2.05) is 0 Å². The van der Waals surface area contributed by atoms with Crippen molar-refractivity contribution in [2.24, 2.45) is 5.73 Å². The van der Waals surface area contributed by atoms with Gasteiger partial charge in [-0.25, -0.2) is 0 Å². The Morgan fingerprint density at radius 1 is 1.44 bits per heavy atom. The number of aromatic nitrogens is 2. The average Bonchev–Trinajstić information content (AvgIpc) is 2.63. The van der Waals surface area contributed by atoms with E-state index in [9.17, 15) is 0 Å². The van der Waals surface area contributed by atoms with E-state index in [1.165, 1.54) is 0 Å². The SMILES string of the molecule is CC(CCN)SCc1nc(C(C)(C)C)no1. The molecule has 1 aromatic rings. The first-order chi connectivity index (χ1) is 7.43. The number of rotatable bonds is 5. The third-order valence-electron chi connectivity index (χ3n) is 2.20. The topological polar surface area (TPSA) is 64.9 Å². The summed E-state index contributed by atoms with van der Waals surface area (Å²) in [7, 11) is 0. The molecule has 1 atom stereocenters. The second-order valence-electron chi connectivity index (χ2n) is 4.96. The van der Waals surface area contributed by atoms with Gasteiger partial charge in [0.15, 0.2) is 5.82 Å². The van der Waals surface area contributed by atoms with Crippen molar-refractivity contribution in [3.8, 4) is 0 Å². The molecule has 1 unspecified atom stereocenters. The molecule has 0 amide bonds. The fourth-order valence-corrected chi connectivity index (χ4v) is 2.00. The molecule has 16 heavy (non-hydrogen) atoms. The average molecular weight is 243 g/mol. The van der Waals surface area contributed by atoms with Crippen LogP contribution in [0.1, 0.15) is 45.8 Å². The Morgan fingerprint density at radius 3 is 2.62 bits per heavy atom. The van der Waals surface area contributed by atoms with Crippen molar-refractivity contribution in [3.05, 3.63) is 11.7 Å². The molecule has 0 radical (unpaired) electrons. The Labute approximate surface area is 101 Å². The monoisotopic (exact) mass is 243 g/mol.